The van der Waals surface area contributed by atoms with E-state index in [0.717, 1.165) is 23.9 Å². The summed E-state index contributed by atoms with van der Waals surface area (Å²) in [6.45, 7) is 0. The van der Waals surface area contributed by atoms with E-state index in [4.69, 9.17) is 14.7 Å². The molecule has 2 aliphatic rings. The number of ether oxygens (including phenoxy) is 1. The maximum absolute atomic E-state index is 5.31. The van der Waals surface area contributed by atoms with Gasteiger partial charge in [0.25, 0.3) is 0 Å². The number of methoxy groups -OCH3 is 1. The van der Waals surface area contributed by atoms with Gasteiger partial charge in [-0.1, -0.05) is 6.42 Å². The van der Waals surface area contributed by atoms with Crippen molar-refractivity contribution in [1.29, 1.82) is 0 Å². The van der Waals surface area contributed by atoms with Crippen molar-refractivity contribution >= 4 is 0 Å². The minimum Gasteiger partial charge on any atom is -0.481 e. The second kappa shape index (κ2) is 4.65. The van der Waals surface area contributed by atoms with Crippen molar-refractivity contribution in [3.8, 4) is 11.6 Å². The van der Waals surface area contributed by atoms with Crippen molar-refractivity contribution in [2.24, 2.45) is 9.98 Å². The molecule has 4 rings (SSSR count). The predicted octanol–water partition coefficient (Wildman–Crippen LogP) is 1.19. The summed E-state index contributed by atoms with van der Waals surface area (Å²) in [7, 11) is 1.62. The normalized spacial score (nSPS) is 18.9. The third-order valence-electron chi connectivity index (χ3n) is 4.21. The Morgan fingerprint density at radius 1 is 1.19 bits per heavy atom. The molecule has 0 amide bonds. The maximum Gasteiger partial charge on any atom is 0.217 e. The highest BCUT2D eigenvalue weighted by atomic mass is 16.5. The van der Waals surface area contributed by atoms with Gasteiger partial charge in [0.1, 0.15) is 5.36 Å². The van der Waals surface area contributed by atoms with E-state index >= 15 is 0 Å². The van der Waals surface area contributed by atoms with E-state index in [2.05, 4.69) is 9.97 Å². The highest BCUT2D eigenvalue weighted by Gasteiger charge is 2.34. The monoisotopic (exact) mass is 283 g/mol. The molecule has 2 aromatic rings. The fraction of sp³-hybridized carbons (Fsp3) is 0.467. The average Bonchev–Trinajstić information content (AvgIpc) is 3.14. The lowest BCUT2D eigenvalue weighted by Crippen LogP contribution is -2.30. The van der Waals surface area contributed by atoms with E-state index in [0.29, 0.717) is 11.4 Å². The van der Waals surface area contributed by atoms with Crippen LogP contribution >= 0.6 is 0 Å². The number of rotatable bonds is 2. The average molecular weight is 283 g/mol. The molecule has 0 radical (unpaired) electrons. The van der Waals surface area contributed by atoms with Crippen molar-refractivity contribution in [2.75, 3.05) is 7.11 Å². The van der Waals surface area contributed by atoms with Crippen LogP contribution < -0.4 is 15.6 Å². The first-order valence-corrected chi connectivity index (χ1v) is 7.33. The molecule has 1 aliphatic carbocycles. The summed E-state index contributed by atoms with van der Waals surface area (Å²) in [6.07, 6.45) is 11.1. The van der Waals surface area contributed by atoms with E-state index in [1.54, 1.807) is 19.6 Å². The molecular weight excluding hydrogens is 266 g/mol. The molecule has 0 atom stereocenters. The Balaban J connectivity index is 1.95. The smallest absolute Gasteiger partial charge is 0.217 e. The molecule has 0 bridgehead atoms. The van der Waals surface area contributed by atoms with Crippen LogP contribution in [0.5, 0.6) is 5.88 Å². The molecule has 0 saturated heterocycles. The SMILES string of the molecule is COc1cc(-n2ccnc2)c2c(n1)=NC1(CCCCC1)N=2. The molecule has 2 aromatic heterocycles. The van der Waals surface area contributed by atoms with Gasteiger partial charge in [-0.3, -0.25) is 0 Å². The molecule has 1 spiro atoms. The molecule has 0 unspecified atom stereocenters. The zero-order valence-corrected chi connectivity index (χ0v) is 12.0. The van der Waals surface area contributed by atoms with Crippen LogP contribution in [0.15, 0.2) is 34.8 Å². The molecule has 0 aromatic carbocycles. The quantitative estimate of drug-likeness (QED) is 0.831. The summed E-state index contributed by atoms with van der Waals surface area (Å²) in [5, 5.41) is 0.857. The minimum atomic E-state index is -0.296. The van der Waals surface area contributed by atoms with Gasteiger partial charge in [0.15, 0.2) is 11.2 Å². The molecule has 108 valence electrons. The van der Waals surface area contributed by atoms with Gasteiger partial charge < -0.3 is 9.30 Å². The summed E-state index contributed by atoms with van der Waals surface area (Å²) >= 11 is 0. The van der Waals surface area contributed by atoms with E-state index < -0.39 is 0 Å². The van der Waals surface area contributed by atoms with Gasteiger partial charge in [-0.05, 0) is 25.7 Å². The minimum absolute atomic E-state index is 0.296. The van der Waals surface area contributed by atoms with Crippen LogP contribution in [0.25, 0.3) is 5.69 Å². The molecule has 3 heterocycles. The summed E-state index contributed by atoms with van der Waals surface area (Å²) in [5.74, 6) is 0.559. The Morgan fingerprint density at radius 3 is 2.76 bits per heavy atom. The highest BCUT2D eigenvalue weighted by molar-refractivity contribution is 5.35. The van der Waals surface area contributed by atoms with Gasteiger partial charge in [0.2, 0.25) is 5.88 Å². The van der Waals surface area contributed by atoms with Crippen LogP contribution in [0, 0.1) is 0 Å². The van der Waals surface area contributed by atoms with Gasteiger partial charge in [0.05, 0.1) is 19.1 Å². The zero-order chi connectivity index (χ0) is 14.3. The van der Waals surface area contributed by atoms with Crippen molar-refractivity contribution in [3.63, 3.8) is 0 Å². The lowest BCUT2D eigenvalue weighted by Gasteiger charge is -2.26. The fourth-order valence-electron chi connectivity index (χ4n) is 3.15. The van der Waals surface area contributed by atoms with Crippen molar-refractivity contribution in [3.05, 3.63) is 35.6 Å². The topological polar surface area (TPSA) is 64.7 Å². The summed E-state index contributed by atoms with van der Waals surface area (Å²) < 4.78 is 7.24. The number of fused-ring (bicyclic) bond motifs is 1. The third kappa shape index (κ3) is 2.02. The van der Waals surface area contributed by atoms with E-state index in [-0.39, 0.29) is 5.66 Å². The Kier molecular flexibility index (Phi) is 2.77. The molecule has 6 heteroatoms. The first-order valence-electron chi connectivity index (χ1n) is 7.33. The fourth-order valence-corrected chi connectivity index (χ4v) is 3.15. The Bertz CT molecular complexity index is 775. The van der Waals surface area contributed by atoms with Crippen LogP contribution in [0.3, 0.4) is 0 Å². The molecule has 6 nitrogen and oxygen atoms in total. The number of hydrogen-bond donors (Lipinski definition) is 0. The lowest BCUT2D eigenvalue weighted by atomic mass is 9.90. The number of hydrogen-bond acceptors (Lipinski definition) is 5. The molecule has 1 fully saturated rings. The van der Waals surface area contributed by atoms with Crippen LogP contribution in [0.1, 0.15) is 32.1 Å². The highest BCUT2D eigenvalue weighted by Crippen LogP contribution is 2.33. The van der Waals surface area contributed by atoms with Crippen molar-refractivity contribution in [1.82, 2.24) is 14.5 Å². The van der Waals surface area contributed by atoms with Crippen LogP contribution in [-0.2, 0) is 0 Å². The van der Waals surface area contributed by atoms with Gasteiger partial charge in [-0.2, -0.15) is 4.98 Å². The van der Waals surface area contributed by atoms with Gasteiger partial charge in [0, 0.05) is 18.5 Å². The largest absolute Gasteiger partial charge is 0.481 e. The predicted molar refractivity (Wildman–Crippen MR) is 76.0 cm³/mol. The summed E-state index contributed by atoms with van der Waals surface area (Å²) in [5.41, 5.74) is 1.33. The maximum atomic E-state index is 5.31. The first kappa shape index (κ1) is 12.5. The molecule has 21 heavy (non-hydrogen) atoms. The number of aromatic nitrogens is 3. The van der Waals surface area contributed by atoms with Crippen LogP contribution in [0.4, 0.5) is 0 Å². The summed E-state index contributed by atoms with van der Waals surface area (Å²) in [4.78, 5) is 18.4. The Hall–Kier alpha value is -2.24. The summed E-state index contributed by atoms with van der Waals surface area (Å²) in [6, 6.07) is 1.89. The van der Waals surface area contributed by atoms with Gasteiger partial charge in [-0.15, -0.1) is 0 Å². The number of nitrogens with zero attached hydrogens (tertiary/aromatic N) is 5. The van der Waals surface area contributed by atoms with Crippen molar-refractivity contribution in [2.45, 2.75) is 37.8 Å². The third-order valence-corrected chi connectivity index (χ3v) is 4.21. The zero-order valence-electron chi connectivity index (χ0n) is 12.0. The second-order valence-electron chi connectivity index (χ2n) is 5.59. The Morgan fingerprint density at radius 2 is 2.05 bits per heavy atom. The molecule has 1 aliphatic heterocycles. The number of pyridine rings is 1. The van der Waals surface area contributed by atoms with Gasteiger partial charge >= 0.3 is 0 Å². The molecule has 0 N–H and O–H groups in total. The lowest BCUT2D eigenvalue weighted by molar-refractivity contribution is 0.308. The first-order chi connectivity index (χ1) is 10.3. The van der Waals surface area contributed by atoms with Crippen molar-refractivity contribution < 1.29 is 4.74 Å². The molecular formula is C15H17N5O. The number of imidazole rings is 1. The molecule has 1 saturated carbocycles. The van der Waals surface area contributed by atoms with Crippen LogP contribution in [-0.4, -0.2) is 27.3 Å². The van der Waals surface area contributed by atoms with Gasteiger partial charge in [-0.25, -0.2) is 15.0 Å². The second-order valence-corrected chi connectivity index (χ2v) is 5.59. The Labute approximate surface area is 122 Å². The van der Waals surface area contributed by atoms with E-state index in [1.807, 2.05) is 16.8 Å². The standard InChI is InChI=1S/C15H17N5O/c1-21-12-9-11(20-8-7-16-10-20)13-14(17-12)19-15(18-13)5-3-2-4-6-15/h7-10H,2-6H2,1H3. The van der Waals surface area contributed by atoms with E-state index in [9.17, 15) is 0 Å². The van der Waals surface area contributed by atoms with Crippen LogP contribution in [0.2, 0.25) is 0 Å². The van der Waals surface area contributed by atoms with E-state index in [1.165, 1.54) is 19.3 Å².